The van der Waals surface area contributed by atoms with Crippen molar-refractivity contribution in [3.63, 3.8) is 0 Å². The number of nitrogens with zero attached hydrogens (tertiary/aromatic N) is 1. The van der Waals surface area contributed by atoms with Gasteiger partial charge in [0.25, 0.3) is 0 Å². The fourth-order valence-electron chi connectivity index (χ4n) is 2.54. The molecule has 1 atom stereocenters. The van der Waals surface area contributed by atoms with Crippen molar-refractivity contribution in [1.29, 1.82) is 0 Å². The van der Waals surface area contributed by atoms with Gasteiger partial charge in [0, 0.05) is 19.1 Å². The van der Waals surface area contributed by atoms with Crippen LogP contribution in [0.2, 0.25) is 0 Å². The molecule has 2 aliphatic carbocycles. The molecule has 116 valence electrons. The summed E-state index contributed by atoms with van der Waals surface area (Å²) >= 11 is 0. The van der Waals surface area contributed by atoms with Gasteiger partial charge in [-0.1, -0.05) is 12.1 Å². The Hall–Kier alpha value is -0.910. The van der Waals surface area contributed by atoms with E-state index in [4.69, 9.17) is 5.73 Å². The maximum absolute atomic E-state index is 12.8. The van der Waals surface area contributed by atoms with Crippen LogP contribution in [0.4, 0.5) is 0 Å². The van der Waals surface area contributed by atoms with Gasteiger partial charge in [0.2, 0.25) is 10.0 Å². The number of nitrogens with two attached hydrogens (primary N) is 1. The van der Waals surface area contributed by atoms with E-state index in [0.29, 0.717) is 29.8 Å². The highest BCUT2D eigenvalue weighted by atomic mass is 32.2. The standard InChI is InChI=1S/C16H24N2O2S/c1-12(17)15-6-8-16(9-7-15)21(19,20)18(10-13-2-3-13)11-14-4-5-14/h6-9,12-14H,2-5,10-11,17H2,1H3. The average molecular weight is 308 g/mol. The van der Waals surface area contributed by atoms with Crippen molar-refractivity contribution in [2.45, 2.75) is 43.5 Å². The lowest BCUT2D eigenvalue weighted by atomic mass is 10.1. The molecule has 2 fully saturated rings. The molecule has 0 heterocycles. The zero-order valence-electron chi connectivity index (χ0n) is 12.5. The lowest BCUT2D eigenvalue weighted by Gasteiger charge is -2.22. The van der Waals surface area contributed by atoms with Crippen LogP contribution in [0.3, 0.4) is 0 Å². The number of hydrogen-bond donors (Lipinski definition) is 1. The largest absolute Gasteiger partial charge is 0.324 e. The zero-order chi connectivity index (χ0) is 15.0. The minimum absolute atomic E-state index is 0.0733. The van der Waals surface area contributed by atoms with Crippen LogP contribution in [-0.2, 0) is 10.0 Å². The molecule has 2 aliphatic rings. The van der Waals surface area contributed by atoms with Gasteiger partial charge < -0.3 is 5.73 Å². The van der Waals surface area contributed by atoms with Gasteiger partial charge in [-0.3, -0.25) is 0 Å². The minimum Gasteiger partial charge on any atom is -0.324 e. The quantitative estimate of drug-likeness (QED) is 0.842. The summed E-state index contributed by atoms with van der Waals surface area (Å²) in [6.45, 7) is 3.28. The smallest absolute Gasteiger partial charge is 0.243 e. The fraction of sp³-hybridized carbons (Fsp3) is 0.625. The molecule has 1 aromatic rings. The minimum atomic E-state index is -3.36. The Morgan fingerprint density at radius 1 is 1.10 bits per heavy atom. The topological polar surface area (TPSA) is 63.4 Å². The molecular weight excluding hydrogens is 284 g/mol. The van der Waals surface area contributed by atoms with Crippen molar-refractivity contribution < 1.29 is 8.42 Å². The molecule has 0 radical (unpaired) electrons. The van der Waals surface area contributed by atoms with Crippen LogP contribution in [0.5, 0.6) is 0 Å². The molecule has 0 aliphatic heterocycles. The third-order valence-electron chi connectivity index (χ3n) is 4.36. The van der Waals surface area contributed by atoms with Crippen LogP contribution in [-0.4, -0.2) is 25.8 Å². The Labute approximate surface area is 127 Å². The normalized spacial score (nSPS) is 20.7. The van der Waals surface area contributed by atoms with E-state index >= 15 is 0 Å². The first-order chi connectivity index (χ1) is 9.96. The van der Waals surface area contributed by atoms with E-state index in [1.54, 1.807) is 16.4 Å². The Balaban J connectivity index is 1.80. The SMILES string of the molecule is CC(N)c1ccc(S(=O)(=O)N(CC2CC2)CC2CC2)cc1. The Morgan fingerprint density at radius 2 is 1.57 bits per heavy atom. The van der Waals surface area contributed by atoms with E-state index in [9.17, 15) is 8.42 Å². The number of sulfonamides is 1. The summed E-state index contributed by atoms with van der Waals surface area (Å²) in [5, 5.41) is 0. The summed E-state index contributed by atoms with van der Waals surface area (Å²) in [5.41, 5.74) is 6.78. The highest BCUT2D eigenvalue weighted by Crippen LogP contribution is 2.36. The second-order valence-corrected chi connectivity index (χ2v) is 8.50. The molecule has 1 unspecified atom stereocenters. The molecule has 0 saturated heterocycles. The van der Waals surface area contributed by atoms with E-state index in [0.717, 1.165) is 5.56 Å². The van der Waals surface area contributed by atoms with Gasteiger partial charge in [-0.2, -0.15) is 4.31 Å². The van der Waals surface area contributed by atoms with Gasteiger partial charge in [0.05, 0.1) is 4.90 Å². The average Bonchev–Trinajstić information content (AvgIpc) is 3.33. The van der Waals surface area contributed by atoms with Crippen LogP contribution < -0.4 is 5.73 Å². The van der Waals surface area contributed by atoms with Crippen molar-refractivity contribution in [3.8, 4) is 0 Å². The molecule has 0 amide bonds. The molecule has 2 saturated carbocycles. The van der Waals surface area contributed by atoms with E-state index in [1.807, 2.05) is 19.1 Å². The fourth-order valence-corrected chi connectivity index (χ4v) is 4.13. The van der Waals surface area contributed by atoms with Crippen LogP contribution >= 0.6 is 0 Å². The van der Waals surface area contributed by atoms with Gasteiger partial charge in [-0.15, -0.1) is 0 Å². The number of rotatable bonds is 7. The van der Waals surface area contributed by atoms with Gasteiger partial charge in [0.1, 0.15) is 0 Å². The molecule has 1 aromatic carbocycles. The Bertz CT molecular complexity index is 573. The Kier molecular flexibility index (Phi) is 4.08. The number of hydrogen-bond acceptors (Lipinski definition) is 3. The van der Waals surface area contributed by atoms with Crippen LogP contribution in [0.15, 0.2) is 29.2 Å². The van der Waals surface area contributed by atoms with Crippen molar-refractivity contribution >= 4 is 10.0 Å². The van der Waals surface area contributed by atoms with Crippen LogP contribution in [0, 0.1) is 11.8 Å². The van der Waals surface area contributed by atoms with Crippen molar-refractivity contribution in [1.82, 2.24) is 4.31 Å². The van der Waals surface area contributed by atoms with E-state index in [2.05, 4.69) is 0 Å². The second-order valence-electron chi connectivity index (χ2n) is 6.57. The molecule has 21 heavy (non-hydrogen) atoms. The predicted octanol–water partition coefficient (Wildman–Crippen LogP) is 2.52. The lowest BCUT2D eigenvalue weighted by Crippen LogP contribution is -2.34. The molecule has 0 spiro atoms. The predicted molar refractivity (Wildman–Crippen MR) is 83.3 cm³/mol. The molecule has 0 bridgehead atoms. The molecular formula is C16H24N2O2S. The van der Waals surface area contributed by atoms with Crippen molar-refractivity contribution in [3.05, 3.63) is 29.8 Å². The molecule has 2 N–H and O–H groups in total. The van der Waals surface area contributed by atoms with Gasteiger partial charge in [-0.05, 0) is 62.1 Å². The first kappa shape index (κ1) is 15.0. The highest BCUT2D eigenvalue weighted by Gasteiger charge is 2.35. The van der Waals surface area contributed by atoms with Crippen molar-refractivity contribution in [2.24, 2.45) is 17.6 Å². The number of benzene rings is 1. The lowest BCUT2D eigenvalue weighted by molar-refractivity contribution is 0.382. The van der Waals surface area contributed by atoms with Crippen LogP contribution in [0.25, 0.3) is 0 Å². The van der Waals surface area contributed by atoms with Gasteiger partial charge in [0.15, 0.2) is 0 Å². The summed E-state index contributed by atoms with van der Waals surface area (Å²) in [5.74, 6) is 1.14. The molecule has 3 rings (SSSR count). The van der Waals surface area contributed by atoms with E-state index < -0.39 is 10.0 Å². The first-order valence-corrected chi connectivity index (χ1v) is 9.26. The summed E-state index contributed by atoms with van der Waals surface area (Å²) in [7, 11) is -3.36. The molecule has 0 aromatic heterocycles. The highest BCUT2D eigenvalue weighted by molar-refractivity contribution is 7.89. The summed E-state index contributed by atoms with van der Waals surface area (Å²) in [4.78, 5) is 0.396. The van der Waals surface area contributed by atoms with Crippen LogP contribution in [0.1, 0.15) is 44.2 Å². The monoisotopic (exact) mass is 308 g/mol. The third-order valence-corrected chi connectivity index (χ3v) is 6.21. The van der Waals surface area contributed by atoms with Gasteiger partial charge in [-0.25, -0.2) is 8.42 Å². The maximum atomic E-state index is 12.8. The summed E-state index contributed by atoms with van der Waals surface area (Å²) in [6, 6.07) is 6.96. The van der Waals surface area contributed by atoms with E-state index in [-0.39, 0.29) is 6.04 Å². The first-order valence-electron chi connectivity index (χ1n) is 7.82. The maximum Gasteiger partial charge on any atom is 0.243 e. The van der Waals surface area contributed by atoms with Crippen molar-refractivity contribution in [2.75, 3.05) is 13.1 Å². The van der Waals surface area contributed by atoms with Gasteiger partial charge >= 0.3 is 0 Å². The zero-order valence-corrected chi connectivity index (χ0v) is 13.3. The summed E-state index contributed by atoms with van der Waals surface area (Å²) in [6.07, 6.45) is 4.67. The molecule has 4 nitrogen and oxygen atoms in total. The Morgan fingerprint density at radius 3 is 1.95 bits per heavy atom. The second kappa shape index (κ2) is 5.71. The third kappa shape index (κ3) is 3.65. The van der Waals surface area contributed by atoms with E-state index in [1.165, 1.54) is 25.7 Å². The summed E-state index contributed by atoms with van der Waals surface area (Å²) < 4.78 is 27.4. The molecule has 5 heteroatoms.